The molecule has 2 aromatic carbocycles. The maximum Gasteiger partial charge on any atom is 0.324 e. The van der Waals surface area contributed by atoms with Gasteiger partial charge in [-0.2, -0.15) is 5.10 Å². The summed E-state index contributed by atoms with van der Waals surface area (Å²) in [5, 5.41) is 10.1. The van der Waals surface area contributed by atoms with Crippen LogP contribution in [0.15, 0.2) is 54.6 Å². The Balaban J connectivity index is 1.72. The highest BCUT2D eigenvalue weighted by Crippen LogP contribution is 2.24. The van der Waals surface area contributed by atoms with Crippen molar-refractivity contribution in [2.75, 3.05) is 16.4 Å². The van der Waals surface area contributed by atoms with Crippen LogP contribution in [0, 0.1) is 0 Å². The van der Waals surface area contributed by atoms with Crippen molar-refractivity contribution in [3.05, 3.63) is 59.6 Å². The van der Waals surface area contributed by atoms with Crippen molar-refractivity contribution in [3.63, 3.8) is 0 Å². The second kappa shape index (κ2) is 6.64. The summed E-state index contributed by atoms with van der Waals surface area (Å²) in [5.74, 6) is 0.454. The highest BCUT2D eigenvalue weighted by atomic mass is 35.5. The summed E-state index contributed by atoms with van der Waals surface area (Å²) in [5.41, 5.74) is 8.57. The molecular weight excluding hydrogens is 326 g/mol. The van der Waals surface area contributed by atoms with Crippen molar-refractivity contribution >= 4 is 34.8 Å². The first kappa shape index (κ1) is 15.9. The number of carbonyl (C=O) groups is 1. The van der Waals surface area contributed by atoms with Crippen LogP contribution in [-0.4, -0.2) is 15.8 Å². The van der Waals surface area contributed by atoms with Gasteiger partial charge in [0.15, 0.2) is 5.82 Å². The summed E-state index contributed by atoms with van der Waals surface area (Å²) >= 11 is 5.94. The molecule has 0 saturated carbocycles. The van der Waals surface area contributed by atoms with Gasteiger partial charge in [-0.3, -0.25) is 10.00 Å². The molecule has 0 unspecified atom stereocenters. The van der Waals surface area contributed by atoms with Crippen molar-refractivity contribution in [1.82, 2.24) is 9.78 Å². The Morgan fingerprint density at radius 1 is 1.12 bits per heavy atom. The zero-order valence-corrected chi connectivity index (χ0v) is 13.7. The Morgan fingerprint density at radius 2 is 1.88 bits per heavy atom. The lowest BCUT2D eigenvalue weighted by Gasteiger charge is -2.06. The second-order valence-corrected chi connectivity index (χ2v) is 5.63. The van der Waals surface area contributed by atoms with Gasteiger partial charge in [-0.25, -0.2) is 4.79 Å². The number of nitrogens with two attached hydrogens (primary N) is 1. The van der Waals surface area contributed by atoms with Gasteiger partial charge in [-0.05, 0) is 23.8 Å². The average molecular weight is 342 g/mol. The molecule has 0 fully saturated rings. The molecule has 7 heteroatoms. The van der Waals surface area contributed by atoms with E-state index in [-0.39, 0.29) is 0 Å². The van der Waals surface area contributed by atoms with Crippen LogP contribution in [0.4, 0.5) is 22.0 Å². The largest absolute Gasteiger partial charge is 0.398 e. The fourth-order valence-electron chi connectivity index (χ4n) is 2.29. The summed E-state index contributed by atoms with van der Waals surface area (Å²) < 4.78 is 1.71. The fourth-order valence-corrected chi connectivity index (χ4v) is 2.47. The highest BCUT2D eigenvalue weighted by Gasteiger charge is 2.10. The van der Waals surface area contributed by atoms with E-state index in [0.29, 0.717) is 22.2 Å². The lowest BCUT2D eigenvalue weighted by atomic mass is 10.1. The average Bonchev–Trinajstić information content (AvgIpc) is 2.92. The van der Waals surface area contributed by atoms with Crippen molar-refractivity contribution < 1.29 is 4.79 Å². The molecule has 0 spiro atoms. The lowest BCUT2D eigenvalue weighted by Crippen LogP contribution is -2.19. The molecule has 3 aromatic rings. The minimum atomic E-state index is -0.409. The number of urea groups is 1. The number of hydrogen-bond acceptors (Lipinski definition) is 3. The van der Waals surface area contributed by atoms with Gasteiger partial charge in [-0.15, -0.1) is 0 Å². The molecule has 24 heavy (non-hydrogen) atoms. The van der Waals surface area contributed by atoms with Crippen LogP contribution < -0.4 is 16.4 Å². The number of halogens is 1. The van der Waals surface area contributed by atoms with E-state index in [0.717, 1.165) is 11.3 Å². The zero-order valence-electron chi connectivity index (χ0n) is 13.0. The number of benzene rings is 2. The zero-order chi connectivity index (χ0) is 17.1. The van der Waals surface area contributed by atoms with Crippen LogP contribution in [0.5, 0.6) is 0 Å². The molecule has 0 atom stereocenters. The number of hydrogen-bond donors (Lipinski definition) is 3. The monoisotopic (exact) mass is 341 g/mol. The molecule has 4 N–H and O–H groups in total. The third-order valence-corrected chi connectivity index (χ3v) is 3.78. The molecule has 0 bridgehead atoms. The number of nitrogens with zero attached hydrogens (tertiary/aromatic N) is 2. The maximum atomic E-state index is 12.1. The third kappa shape index (κ3) is 3.49. The van der Waals surface area contributed by atoms with E-state index >= 15 is 0 Å². The molecule has 0 aliphatic heterocycles. The lowest BCUT2D eigenvalue weighted by molar-refractivity contribution is 0.262. The van der Waals surface area contributed by atoms with E-state index in [1.807, 2.05) is 43.4 Å². The number of carbonyl (C=O) groups excluding carboxylic acids is 1. The van der Waals surface area contributed by atoms with E-state index in [1.54, 1.807) is 22.9 Å². The Labute approximate surface area is 144 Å². The Morgan fingerprint density at radius 3 is 2.58 bits per heavy atom. The van der Waals surface area contributed by atoms with Crippen LogP contribution in [0.2, 0.25) is 5.02 Å². The molecule has 3 rings (SSSR count). The van der Waals surface area contributed by atoms with Gasteiger partial charge in [0, 0.05) is 18.8 Å². The van der Waals surface area contributed by atoms with E-state index in [2.05, 4.69) is 15.7 Å². The molecule has 1 heterocycles. The predicted octanol–water partition coefficient (Wildman–Crippen LogP) is 3.97. The maximum absolute atomic E-state index is 12.1. The van der Waals surface area contributed by atoms with Crippen LogP contribution in [0.3, 0.4) is 0 Å². The molecule has 0 saturated heterocycles. The van der Waals surface area contributed by atoms with E-state index in [9.17, 15) is 4.79 Å². The van der Waals surface area contributed by atoms with Gasteiger partial charge in [0.25, 0.3) is 0 Å². The van der Waals surface area contributed by atoms with Gasteiger partial charge in [0.2, 0.25) is 0 Å². The summed E-state index contributed by atoms with van der Waals surface area (Å²) in [6.45, 7) is 0. The van der Waals surface area contributed by atoms with Crippen molar-refractivity contribution in [3.8, 4) is 11.3 Å². The van der Waals surface area contributed by atoms with Gasteiger partial charge in [0.05, 0.1) is 16.4 Å². The minimum absolute atomic E-state index is 0.386. The molecule has 6 nitrogen and oxygen atoms in total. The molecule has 0 aliphatic carbocycles. The minimum Gasteiger partial charge on any atom is -0.398 e. The second-order valence-electron chi connectivity index (χ2n) is 5.22. The first-order valence-corrected chi connectivity index (χ1v) is 7.63. The number of aromatic nitrogens is 2. The normalized spacial score (nSPS) is 10.4. The molecule has 0 aliphatic rings. The third-order valence-electron chi connectivity index (χ3n) is 3.45. The van der Waals surface area contributed by atoms with Gasteiger partial charge in [-0.1, -0.05) is 41.9 Å². The predicted molar refractivity (Wildman–Crippen MR) is 97.1 cm³/mol. The van der Waals surface area contributed by atoms with Crippen molar-refractivity contribution in [2.24, 2.45) is 7.05 Å². The highest BCUT2D eigenvalue weighted by molar-refractivity contribution is 6.33. The molecule has 0 radical (unpaired) electrons. The first-order chi connectivity index (χ1) is 11.5. The smallest absolute Gasteiger partial charge is 0.324 e. The summed E-state index contributed by atoms with van der Waals surface area (Å²) in [6.07, 6.45) is 0. The van der Waals surface area contributed by atoms with Crippen LogP contribution in [0.1, 0.15) is 0 Å². The quantitative estimate of drug-likeness (QED) is 0.630. The molecule has 122 valence electrons. The summed E-state index contributed by atoms with van der Waals surface area (Å²) in [7, 11) is 1.82. The number of nitrogen functional groups attached to an aromatic ring is 1. The molecular formula is C17H16ClN5O. The van der Waals surface area contributed by atoms with Crippen LogP contribution in [0.25, 0.3) is 11.3 Å². The van der Waals surface area contributed by atoms with Crippen molar-refractivity contribution in [2.45, 2.75) is 0 Å². The Bertz CT molecular complexity index is 876. The SMILES string of the molecule is Cn1nc(NC(=O)Nc2ccc(N)c(Cl)c2)cc1-c1ccccc1. The first-order valence-electron chi connectivity index (χ1n) is 7.25. The number of amides is 2. The summed E-state index contributed by atoms with van der Waals surface area (Å²) in [4.78, 5) is 12.1. The molecule has 1 aromatic heterocycles. The van der Waals surface area contributed by atoms with E-state index in [1.165, 1.54) is 0 Å². The Hall–Kier alpha value is -2.99. The van der Waals surface area contributed by atoms with Crippen molar-refractivity contribution in [1.29, 1.82) is 0 Å². The topological polar surface area (TPSA) is 85.0 Å². The number of rotatable bonds is 3. The van der Waals surface area contributed by atoms with Gasteiger partial charge < -0.3 is 11.1 Å². The van der Waals surface area contributed by atoms with E-state index in [4.69, 9.17) is 17.3 Å². The van der Waals surface area contributed by atoms with Crippen LogP contribution in [-0.2, 0) is 7.05 Å². The number of nitrogens with one attached hydrogen (secondary N) is 2. The Kier molecular flexibility index (Phi) is 4.39. The number of anilines is 3. The summed E-state index contributed by atoms with van der Waals surface area (Å²) in [6, 6.07) is 16.1. The standard InChI is InChI=1S/C17H16ClN5O/c1-23-15(11-5-3-2-4-6-11)10-16(22-23)21-17(24)20-12-7-8-14(19)13(18)9-12/h2-10H,19H2,1H3,(H2,20,21,22,24). The fraction of sp³-hybridized carbons (Fsp3) is 0.0588. The van der Waals surface area contributed by atoms with Gasteiger partial charge in [0.1, 0.15) is 0 Å². The number of aryl methyl sites for hydroxylation is 1. The van der Waals surface area contributed by atoms with Gasteiger partial charge >= 0.3 is 6.03 Å². The molecule has 2 amide bonds. The van der Waals surface area contributed by atoms with E-state index < -0.39 is 6.03 Å². The van der Waals surface area contributed by atoms with Crippen LogP contribution >= 0.6 is 11.6 Å².